The van der Waals surface area contributed by atoms with E-state index in [1.54, 1.807) is 0 Å². The largest absolute Gasteiger partial charge is 0.396 e. The number of aliphatic hydroxyl groups is 1. The van der Waals surface area contributed by atoms with Gasteiger partial charge in [-0.25, -0.2) is 0 Å². The average Bonchev–Trinajstić information content (AvgIpc) is 2.86. The first-order valence-electron chi connectivity index (χ1n) is 6.76. The number of hydrogen-bond donors (Lipinski definition) is 2. The first-order chi connectivity index (χ1) is 8.26. The number of amides is 1. The van der Waals surface area contributed by atoms with Crippen LogP contribution in [0.25, 0.3) is 0 Å². The summed E-state index contributed by atoms with van der Waals surface area (Å²) in [6.07, 6.45) is 7.07. The van der Waals surface area contributed by atoms with E-state index in [1.165, 1.54) is 0 Å². The van der Waals surface area contributed by atoms with Gasteiger partial charge in [0.15, 0.2) is 0 Å². The molecule has 1 aliphatic heterocycles. The molecule has 98 valence electrons. The molecule has 1 amide bonds. The minimum atomic E-state index is -0.263. The van der Waals surface area contributed by atoms with Gasteiger partial charge in [0, 0.05) is 18.6 Å². The van der Waals surface area contributed by atoms with Gasteiger partial charge in [0.2, 0.25) is 5.91 Å². The number of carbonyl (C=O) groups excluding carboxylic acids is 1. The molecule has 1 unspecified atom stereocenters. The molecular formula is C13H23NO3. The second kappa shape index (κ2) is 5.83. The van der Waals surface area contributed by atoms with Gasteiger partial charge < -0.3 is 15.2 Å². The summed E-state index contributed by atoms with van der Waals surface area (Å²) in [5.41, 5.74) is -0.0652. The summed E-state index contributed by atoms with van der Waals surface area (Å²) >= 11 is 0. The zero-order valence-corrected chi connectivity index (χ0v) is 10.4. The number of aliphatic hydroxyl groups excluding tert-OH is 1. The molecule has 0 aromatic carbocycles. The van der Waals surface area contributed by atoms with Crippen molar-refractivity contribution in [3.05, 3.63) is 0 Å². The maximum absolute atomic E-state index is 11.9. The Morgan fingerprint density at radius 2 is 2.06 bits per heavy atom. The fraction of sp³-hybridized carbons (Fsp3) is 0.923. The molecule has 1 saturated heterocycles. The van der Waals surface area contributed by atoms with E-state index in [-0.39, 0.29) is 24.0 Å². The van der Waals surface area contributed by atoms with E-state index in [0.717, 1.165) is 44.9 Å². The van der Waals surface area contributed by atoms with E-state index in [1.807, 2.05) is 0 Å². The maximum Gasteiger partial charge on any atom is 0.249 e. The zero-order valence-electron chi connectivity index (χ0n) is 10.4. The lowest BCUT2D eigenvalue weighted by Crippen LogP contribution is -2.44. The minimum Gasteiger partial charge on any atom is -0.396 e. The summed E-state index contributed by atoms with van der Waals surface area (Å²) in [4.78, 5) is 11.9. The standard InChI is InChI=1S/C13H23NO3/c15-10-13(6-2-3-7-13)9-14-12(16)11-5-1-4-8-17-11/h11,15H,1-10H2,(H,14,16). The van der Waals surface area contributed by atoms with Crippen LogP contribution in [0.1, 0.15) is 44.9 Å². The van der Waals surface area contributed by atoms with Gasteiger partial charge in [0.05, 0.1) is 6.61 Å². The van der Waals surface area contributed by atoms with Gasteiger partial charge in [-0.3, -0.25) is 4.79 Å². The Labute approximate surface area is 103 Å². The molecule has 4 nitrogen and oxygen atoms in total. The van der Waals surface area contributed by atoms with Gasteiger partial charge in [-0.2, -0.15) is 0 Å². The lowest BCUT2D eigenvalue weighted by molar-refractivity contribution is -0.136. The smallest absolute Gasteiger partial charge is 0.249 e. The Bertz CT molecular complexity index is 255. The first kappa shape index (κ1) is 12.8. The molecule has 0 aromatic rings. The van der Waals surface area contributed by atoms with Crippen LogP contribution in [0.3, 0.4) is 0 Å². The van der Waals surface area contributed by atoms with Crippen LogP contribution in [-0.4, -0.2) is 36.9 Å². The van der Waals surface area contributed by atoms with Crippen molar-refractivity contribution in [3.63, 3.8) is 0 Å². The number of nitrogens with one attached hydrogen (secondary N) is 1. The minimum absolute atomic E-state index is 0.00410. The highest BCUT2D eigenvalue weighted by molar-refractivity contribution is 5.80. The summed E-state index contributed by atoms with van der Waals surface area (Å²) in [5, 5.41) is 12.4. The Kier molecular flexibility index (Phi) is 4.40. The molecule has 17 heavy (non-hydrogen) atoms. The Balaban J connectivity index is 1.78. The van der Waals surface area contributed by atoms with Crippen molar-refractivity contribution in [2.24, 2.45) is 5.41 Å². The van der Waals surface area contributed by atoms with Crippen LogP contribution in [0.4, 0.5) is 0 Å². The van der Waals surface area contributed by atoms with Crippen LogP contribution in [0.15, 0.2) is 0 Å². The van der Waals surface area contributed by atoms with Crippen molar-refractivity contribution >= 4 is 5.91 Å². The van der Waals surface area contributed by atoms with Gasteiger partial charge in [-0.1, -0.05) is 12.8 Å². The third-order valence-electron chi connectivity index (χ3n) is 4.11. The average molecular weight is 241 g/mol. The van der Waals surface area contributed by atoms with Crippen molar-refractivity contribution in [1.29, 1.82) is 0 Å². The zero-order chi connectivity index (χ0) is 12.1. The highest BCUT2D eigenvalue weighted by Crippen LogP contribution is 2.36. The van der Waals surface area contributed by atoms with E-state index < -0.39 is 0 Å². The molecule has 1 atom stereocenters. The number of hydrogen-bond acceptors (Lipinski definition) is 3. The van der Waals surface area contributed by atoms with E-state index >= 15 is 0 Å². The predicted octanol–water partition coefficient (Wildman–Crippen LogP) is 1.22. The summed E-state index contributed by atoms with van der Waals surface area (Å²) in [6.45, 7) is 1.48. The molecule has 2 N–H and O–H groups in total. The van der Waals surface area contributed by atoms with Gasteiger partial charge in [-0.05, 0) is 32.1 Å². The molecular weight excluding hydrogens is 218 g/mol. The number of carbonyl (C=O) groups is 1. The third-order valence-corrected chi connectivity index (χ3v) is 4.11. The topological polar surface area (TPSA) is 58.6 Å². The second-order valence-corrected chi connectivity index (χ2v) is 5.44. The molecule has 0 bridgehead atoms. The monoisotopic (exact) mass is 241 g/mol. The lowest BCUT2D eigenvalue weighted by Gasteiger charge is -2.28. The Hall–Kier alpha value is -0.610. The normalized spacial score (nSPS) is 27.9. The molecule has 0 spiro atoms. The molecule has 2 aliphatic rings. The van der Waals surface area contributed by atoms with Crippen LogP contribution < -0.4 is 5.32 Å². The summed E-state index contributed by atoms with van der Waals surface area (Å²) in [6, 6.07) is 0. The molecule has 2 rings (SSSR count). The summed E-state index contributed by atoms with van der Waals surface area (Å²) < 4.78 is 5.45. The van der Waals surface area contributed by atoms with E-state index in [9.17, 15) is 9.90 Å². The summed E-state index contributed by atoms with van der Waals surface area (Å²) in [5.74, 6) is 0.00410. The Morgan fingerprint density at radius 3 is 2.65 bits per heavy atom. The first-order valence-corrected chi connectivity index (χ1v) is 6.76. The fourth-order valence-electron chi connectivity index (χ4n) is 2.85. The third kappa shape index (κ3) is 3.19. The van der Waals surface area contributed by atoms with Crippen molar-refractivity contribution in [2.75, 3.05) is 19.8 Å². The van der Waals surface area contributed by atoms with E-state index in [0.29, 0.717) is 13.2 Å². The molecule has 1 heterocycles. The van der Waals surface area contributed by atoms with Gasteiger partial charge in [0.1, 0.15) is 6.10 Å². The molecule has 1 saturated carbocycles. The fourth-order valence-corrected chi connectivity index (χ4v) is 2.85. The van der Waals surface area contributed by atoms with Crippen molar-refractivity contribution < 1.29 is 14.6 Å². The van der Waals surface area contributed by atoms with Gasteiger partial charge in [0.25, 0.3) is 0 Å². The van der Waals surface area contributed by atoms with Crippen LogP contribution in [0.5, 0.6) is 0 Å². The predicted molar refractivity (Wildman–Crippen MR) is 64.6 cm³/mol. The Morgan fingerprint density at radius 1 is 1.29 bits per heavy atom. The van der Waals surface area contributed by atoms with Gasteiger partial charge in [-0.15, -0.1) is 0 Å². The van der Waals surface area contributed by atoms with Crippen molar-refractivity contribution in [2.45, 2.75) is 51.0 Å². The highest BCUT2D eigenvalue weighted by atomic mass is 16.5. The highest BCUT2D eigenvalue weighted by Gasteiger charge is 2.34. The number of ether oxygens (including phenoxy) is 1. The molecule has 4 heteroatoms. The molecule has 0 aromatic heterocycles. The van der Waals surface area contributed by atoms with E-state index in [2.05, 4.69) is 5.32 Å². The lowest BCUT2D eigenvalue weighted by atomic mass is 9.87. The van der Waals surface area contributed by atoms with Gasteiger partial charge >= 0.3 is 0 Å². The quantitative estimate of drug-likeness (QED) is 0.778. The van der Waals surface area contributed by atoms with Crippen LogP contribution in [0, 0.1) is 5.41 Å². The van der Waals surface area contributed by atoms with Crippen LogP contribution >= 0.6 is 0 Å². The van der Waals surface area contributed by atoms with Crippen LogP contribution in [0.2, 0.25) is 0 Å². The van der Waals surface area contributed by atoms with Crippen LogP contribution in [-0.2, 0) is 9.53 Å². The van der Waals surface area contributed by atoms with Crippen molar-refractivity contribution in [3.8, 4) is 0 Å². The van der Waals surface area contributed by atoms with Crippen molar-refractivity contribution in [1.82, 2.24) is 5.32 Å². The summed E-state index contributed by atoms with van der Waals surface area (Å²) in [7, 11) is 0. The molecule has 0 radical (unpaired) electrons. The van der Waals surface area contributed by atoms with E-state index in [4.69, 9.17) is 4.74 Å². The second-order valence-electron chi connectivity index (χ2n) is 5.44. The molecule has 1 aliphatic carbocycles. The maximum atomic E-state index is 11.9. The SMILES string of the molecule is O=C(NCC1(CO)CCCC1)C1CCCCO1. The molecule has 2 fully saturated rings. The number of rotatable bonds is 4.